The number of halogens is 1. The first-order chi connectivity index (χ1) is 8.28. The van der Waals surface area contributed by atoms with Crippen LogP contribution in [0.15, 0.2) is 0 Å². The van der Waals surface area contributed by atoms with E-state index in [1.54, 1.807) is 4.90 Å². The van der Waals surface area contributed by atoms with Crippen LogP contribution < -0.4 is 0 Å². The van der Waals surface area contributed by atoms with E-state index in [1.807, 2.05) is 20.8 Å². The fourth-order valence-electron chi connectivity index (χ4n) is 1.82. The number of rotatable bonds is 1. The summed E-state index contributed by atoms with van der Waals surface area (Å²) in [5.41, 5.74) is -1.35. The summed E-state index contributed by atoms with van der Waals surface area (Å²) < 4.78 is 10.3. The van der Waals surface area contributed by atoms with Gasteiger partial charge >= 0.3 is 11.5 Å². The second kappa shape index (κ2) is 6.27. The summed E-state index contributed by atoms with van der Waals surface area (Å²) in [6.07, 6.45) is 1.77. The van der Waals surface area contributed by atoms with Gasteiger partial charge in [0.05, 0.1) is 6.54 Å². The van der Waals surface area contributed by atoms with Crippen LogP contribution in [-0.2, 0) is 9.47 Å². The number of amides is 1. The van der Waals surface area contributed by atoms with Gasteiger partial charge in [-0.15, -0.1) is 0 Å². The molecule has 1 aliphatic rings. The first kappa shape index (κ1) is 15.1. The minimum absolute atomic E-state index is 0.341. The van der Waals surface area contributed by atoms with Crippen molar-refractivity contribution in [2.75, 3.05) is 13.1 Å². The predicted molar refractivity (Wildman–Crippen MR) is 67.8 cm³/mol. The highest BCUT2D eigenvalue weighted by atomic mass is 35.5. The summed E-state index contributed by atoms with van der Waals surface area (Å²) in [7, 11) is 0. The number of ether oxygens (including phenoxy) is 2. The highest BCUT2D eigenvalue weighted by Gasteiger charge is 2.27. The van der Waals surface area contributed by atoms with Crippen molar-refractivity contribution in [1.29, 1.82) is 0 Å². The molecule has 18 heavy (non-hydrogen) atoms. The first-order valence-corrected chi connectivity index (χ1v) is 6.50. The molecule has 0 N–H and O–H groups in total. The Bertz CT molecular complexity index is 314. The quantitative estimate of drug-likeness (QED) is 0.691. The first-order valence-electron chi connectivity index (χ1n) is 6.12. The number of likely N-dealkylation sites (tertiary alicyclic amines) is 1. The Morgan fingerprint density at radius 1 is 1.28 bits per heavy atom. The Morgan fingerprint density at radius 3 is 2.50 bits per heavy atom. The van der Waals surface area contributed by atoms with E-state index in [0.717, 1.165) is 19.3 Å². The van der Waals surface area contributed by atoms with Crippen molar-refractivity contribution in [3.63, 3.8) is 0 Å². The molecule has 1 saturated heterocycles. The SMILES string of the molecule is CC(C)(C)OC(=O)N1CCCCC(OC(=O)Cl)C1. The van der Waals surface area contributed by atoms with E-state index in [-0.39, 0.29) is 12.2 Å². The van der Waals surface area contributed by atoms with Crippen LogP contribution in [0.25, 0.3) is 0 Å². The molecule has 0 aromatic carbocycles. The highest BCUT2D eigenvalue weighted by Crippen LogP contribution is 2.17. The minimum atomic E-state index is -0.828. The van der Waals surface area contributed by atoms with Crippen molar-refractivity contribution in [3.8, 4) is 0 Å². The maximum atomic E-state index is 11.9. The average Bonchev–Trinajstić information content (AvgIpc) is 2.39. The molecule has 1 unspecified atom stereocenters. The summed E-state index contributed by atoms with van der Waals surface area (Å²) in [6, 6.07) is 0. The molecule has 0 aromatic rings. The molecule has 0 saturated carbocycles. The molecule has 1 heterocycles. The van der Waals surface area contributed by atoms with E-state index in [9.17, 15) is 9.59 Å². The van der Waals surface area contributed by atoms with Crippen LogP contribution in [0.5, 0.6) is 0 Å². The molecule has 1 rings (SSSR count). The third-order valence-electron chi connectivity index (χ3n) is 2.54. The van der Waals surface area contributed by atoms with Gasteiger partial charge in [-0.05, 0) is 40.0 Å². The number of carbonyl (C=O) groups excluding carboxylic acids is 2. The van der Waals surface area contributed by atoms with E-state index >= 15 is 0 Å². The normalized spacial score (nSPS) is 21.1. The Balaban J connectivity index is 2.58. The summed E-state index contributed by atoms with van der Waals surface area (Å²) >= 11 is 5.20. The molecule has 0 aromatic heterocycles. The summed E-state index contributed by atoms with van der Waals surface area (Å²) in [6.45, 7) is 6.41. The van der Waals surface area contributed by atoms with E-state index in [2.05, 4.69) is 0 Å². The van der Waals surface area contributed by atoms with Crippen LogP contribution in [0.4, 0.5) is 9.59 Å². The molecule has 0 radical (unpaired) electrons. The third-order valence-corrected chi connectivity index (χ3v) is 2.63. The molecule has 0 spiro atoms. The molecule has 1 fully saturated rings. The fraction of sp³-hybridized carbons (Fsp3) is 0.833. The van der Waals surface area contributed by atoms with Crippen molar-refractivity contribution < 1.29 is 19.1 Å². The molecule has 1 aliphatic heterocycles. The van der Waals surface area contributed by atoms with Crippen LogP contribution in [0.3, 0.4) is 0 Å². The third kappa shape index (κ3) is 5.58. The van der Waals surface area contributed by atoms with Crippen LogP contribution in [0, 0.1) is 0 Å². The standard InChI is InChI=1S/C12H20ClNO4/c1-12(2,3)18-11(16)14-7-5-4-6-9(8-14)17-10(13)15/h9H,4-8H2,1-3H3. The van der Waals surface area contributed by atoms with Gasteiger partial charge in [0, 0.05) is 18.1 Å². The monoisotopic (exact) mass is 277 g/mol. The summed E-state index contributed by atoms with van der Waals surface area (Å²) in [5, 5.41) is 0. The maximum absolute atomic E-state index is 11.9. The molecule has 6 heteroatoms. The van der Waals surface area contributed by atoms with Crippen LogP contribution in [-0.4, -0.2) is 41.2 Å². The molecule has 1 atom stereocenters. The number of hydrogen-bond acceptors (Lipinski definition) is 4. The lowest BCUT2D eigenvalue weighted by atomic mass is 10.2. The van der Waals surface area contributed by atoms with Crippen LogP contribution in [0.1, 0.15) is 40.0 Å². The van der Waals surface area contributed by atoms with Crippen LogP contribution in [0.2, 0.25) is 0 Å². The molecule has 5 nitrogen and oxygen atoms in total. The second-order valence-electron chi connectivity index (χ2n) is 5.40. The molecule has 0 aliphatic carbocycles. The maximum Gasteiger partial charge on any atom is 0.410 e. The molecule has 104 valence electrons. The van der Waals surface area contributed by atoms with Gasteiger partial charge in [-0.1, -0.05) is 0 Å². The lowest BCUT2D eigenvalue weighted by Gasteiger charge is -2.27. The zero-order valence-electron chi connectivity index (χ0n) is 11.1. The van der Waals surface area contributed by atoms with E-state index in [0.29, 0.717) is 13.1 Å². The topological polar surface area (TPSA) is 55.8 Å². The number of hydrogen-bond donors (Lipinski definition) is 0. The van der Waals surface area contributed by atoms with Crippen molar-refractivity contribution in [1.82, 2.24) is 4.90 Å². The van der Waals surface area contributed by atoms with Gasteiger partial charge in [0.25, 0.3) is 0 Å². The van der Waals surface area contributed by atoms with E-state index in [1.165, 1.54) is 0 Å². The van der Waals surface area contributed by atoms with Gasteiger partial charge in [-0.25, -0.2) is 9.59 Å². The van der Waals surface area contributed by atoms with Gasteiger partial charge < -0.3 is 14.4 Å². The Hall–Kier alpha value is -0.970. The van der Waals surface area contributed by atoms with Gasteiger partial charge in [0.15, 0.2) is 0 Å². The zero-order valence-corrected chi connectivity index (χ0v) is 11.8. The van der Waals surface area contributed by atoms with E-state index < -0.39 is 11.0 Å². The predicted octanol–water partition coefficient (Wildman–Crippen LogP) is 3.15. The molecule has 0 bridgehead atoms. The van der Waals surface area contributed by atoms with Crippen LogP contribution >= 0.6 is 11.6 Å². The Labute approximate surface area is 112 Å². The van der Waals surface area contributed by atoms with Crippen molar-refractivity contribution >= 4 is 23.1 Å². The van der Waals surface area contributed by atoms with Gasteiger partial charge in [0.1, 0.15) is 11.7 Å². The smallest absolute Gasteiger partial charge is 0.410 e. The lowest BCUT2D eigenvalue weighted by Crippen LogP contribution is -2.41. The zero-order chi connectivity index (χ0) is 13.8. The Kier molecular flexibility index (Phi) is 5.26. The lowest BCUT2D eigenvalue weighted by molar-refractivity contribution is 0.0162. The Morgan fingerprint density at radius 2 is 1.94 bits per heavy atom. The van der Waals surface area contributed by atoms with Crippen molar-refractivity contribution in [2.45, 2.75) is 51.7 Å². The fourth-order valence-corrected chi connectivity index (χ4v) is 1.95. The van der Waals surface area contributed by atoms with Gasteiger partial charge in [0.2, 0.25) is 0 Å². The molecular weight excluding hydrogens is 258 g/mol. The van der Waals surface area contributed by atoms with Crippen molar-refractivity contribution in [3.05, 3.63) is 0 Å². The molecular formula is C12H20ClNO4. The number of carbonyl (C=O) groups is 2. The second-order valence-corrected chi connectivity index (χ2v) is 5.71. The van der Waals surface area contributed by atoms with Crippen molar-refractivity contribution in [2.24, 2.45) is 0 Å². The minimum Gasteiger partial charge on any atom is -0.448 e. The summed E-state index contributed by atoms with van der Waals surface area (Å²) in [5.74, 6) is 0. The molecule has 1 amide bonds. The number of nitrogens with zero attached hydrogens (tertiary/aromatic N) is 1. The summed E-state index contributed by atoms with van der Waals surface area (Å²) in [4.78, 5) is 24.2. The average molecular weight is 278 g/mol. The highest BCUT2D eigenvalue weighted by molar-refractivity contribution is 6.61. The van der Waals surface area contributed by atoms with Gasteiger partial charge in [-0.2, -0.15) is 0 Å². The largest absolute Gasteiger partial charge is 0.448 e. The van der Waals surface area contributed by atoms with Gasteiger partial charge in [-0.3, -0.25) is 0 Å². The van der Waals surface area contributed by atoms with E-state index in [4.69, 9.17) is 21.1 Å².